The number of nitrogens with two attached hydrogens (primary N) is 1. The molecule has 100 valence electrons. The van der Waals surface area contributed by atoms with Gasteiger partial charge in [0.25, 0.3) is 10.0 Å². The minimum Gasteiger partial charge on any atom is -0.398 e. The zero-order valence-corrected chi connectivity index (χ0v) is 11.9. The zero-order chi connectivity index (χ0) is 14.0. The maximum atomic E-state index is 12.9. The first-order valence-electron chi connectivity index (χ1n) is 5.09. The second kappa shape index (κ2) is 5.14. The van der Waals surface area contributed by atoms with E-state index in [4.69, 9.17) is 5.73 Å². The predicted molar refractivity (Wildman–Crippen MR) is 73.6 cm³/mol. The summed E-state index contributed by atoms with van der Waals surface area (Å²) in [4.78, 5) is 3.32. The Labute approximate surface area is 117 Å². The van der Waals surface area contributed by atoms with Crippen molar-refractivity contribution in [2.24, 2.45) is 0 Å². The van der Waals surface area contributed by atoms with E-state index >= 15 is 0 Å². The Morgan fingerprint density at radius 2 is 2.00 bits per heavy atom. The molecule has 0 saturated heterocycles. The summed E-state index contributed by atoms with van der Waals surface area (Å²) in [5.74, 6) is -0.887. The van der Waals surface area contributed by atoms with Gasteiger partial charge in [-0.2, -0.15) is 4.39 Å². The zero-order valence-electron chi connectivity index (χ0n) is 9.47. The third-order valence-electron chi connectivity index (χ3n) is 2.22. The van der Waals surface area contributed by atoms with E-state index in [-0.39, 0.29) is 16.4 Å². The molecule has 0 amide bonds. The van der Waals surface area contributed by atoms with Gasteiger partial charge in [-0.05, 0) is 30.3 Å². The van der Waals surface area contributed by atoms with Crippen molar-refractivity contribution in [2.75, 3.05) is 10.5 Å². The summed E-state index contributed by atoms with van der Waals surface area (Å²) < 4.78 is 39.9. The maximum Gasteiger partial charge on any atom is 0.265 e. The fraction of sp³-hybridized carbons (Fsp3) is 0. The molecule has 0 aliphatic carbocycles. The van der Waals surface area contributed by atoms with Gasteiger partial charge in [0.2, 0.25) is 5.95 Å². The molecule has 0 radical (unpaired) electrons. The van der Waals surface area contributed by atoms with Crippen LogP contribution in [0.1, 0.15) is 0 Å². The Bertz CT molecular complexity index is 722. The SMILES string of the molecule is Nc1ccc(Br)cc1S(=O)(=O)Nc1cccc(F)n1. The molecule has 3 N–H and O–H groups in total. The summed E-state index contributed by atoms with van der Waals surface area (Å²) in [6, 6.07) is 8.24. The Balaban J connectivity index is 2.40. The van der Waals surface area contributed by atoms with Crippen LogP contribution in [-0.4, -0.2) is 13.4 Å². The van der Waals surface area contributed by atoms with Crippen molar-refractivity contribution in [3.05, 3.63) is 46.8 Å². The van der Waals surface area contributed by atoms with Gasteiger partial charge >= 0.3 is 0 Å². The van der Waals surface area contributed by atoms with Gasteiger partial charge in [0.05, 0.1) is 5.69 Å². The van der Waals surface area contributed by atoms with Crippen molar-refractivity contribution in [1.29, 1.82) is 0 Å². The Morgan fingerprint density at radius 3 is 2.68 bits per heavy atom. The molecule has 1 aromatic carbocycles. The molecule has 19 heavy (non-hydrogen) atoms. The number of hydrogen-bond acceptors (Lipinski definition) is 4. The first kappa shape index (κ1) is 13.8. The third kappa shape index (κ3) is 3.21. The van der Waals surface area contributed by atoms with Crippen LogP contribution in [0.2, 0.25) is 0 Å². The van der Waals surface area contributed by atoms with Crippen molar-refractivity contribution in [2.45, 2.75) is 4.90 Å². The summed E-state index contributed by atoms with van der Waals surface area (Å²) in [5, 5.41) is 0. The highest BCUT2D eigenvalue weighted by Gasteiger charge is 2.18. The van der Waals surface area contributed by atoms with Gasteiger partial charge in [0.1, 0.15) is 10.7 Å². The molecule has 5 nitrogen and oxygen atoms in total. The summed E-state index contributed by atoms with van der Waals surface area (Å²) in [6.07, 6.45) is 0. The second-order valence-electron chi connectivity index (χ2n) is 3.63. The van der Waals surface area contributed by atoms with E-state index in [0.717, 1.165) is 6.07 Å². The van der Waals surface area contributed by atoms with E-state index in [1.165, 1.54) is 24.3 Å². The van der Waals surface area contributed by atoms with Crippen LogP contribution >= 0.6 is 15.9 Å². The molecular weight excluding hydrogens is 337 g/mol. The van der Waals surface area contributed by atoms with Crippen molar-refractivity contribution in [1.82, 2.24) is 4.98 Å². The van der Waals surface area contributed by atoms with Gasteiger partial charge in [0, 0.05) is 4.47 Å². The minimum atomic E-state index is -3.92. The summed E-state index contributed by atoms with van der Waals surface area (Å²) in [6.45, 7) is 0. The van der Waals surface area contributed by atoms with Crippen LogP contribution in [0.4, 0.5) is 15.9 Å². The van der Waals surface area contributed by atoms with Gasteiger partial charge in [0.15, 0.2) is 0 Å². The molecule has 8 heteroatoms. The number of rotatable bonds is 3. The smallest absolute Gasteiger partial charge is 0.265 e. The van der Waals surface area contributed by atoms with Crippen LogP contribution in [0.5, 0.6) is 0 Å². The maximum absolute atomic E-state index is 12.9. The highest BCUT2D eigenvalue weighted by atomic mass is 79.9. The number of benzene rings is 1. The average molecular weight is 346 g/mol. The van der Waals surface area contributed by atoms with Crippen LogP contribution in [-0.2, 0) is 10.0 Å². The molecule has 0 bridgehead atoms. The molecule has 2 aromatic rings. The molecule has 0 spiro atoms. The highest BCUT2D eigenvalue weighted by Crippen LogP contribution is 2.24. The summed E-state index contributed by atoms with van der Waals surface area (Å²) in [5.41, 5.74) is 5.71. The first-order chi connectivity index (χ1) is 8.88. The van der Waals surface area contributed by atoms with Crippen LogP contribution in [0.3, 0.4) is 0 Å². The van der Waals surface area contributed by atoms with E-state index in [1.807, 2.05) is 0 Å². The van der Waals surface area contributed by atoms with E-state index < -0.39 is 16.0 Å². The number of hydrogen-bond donors (Lipinski definition) is 2. The van der Waals surface area contributed by atoms with E-state index in [9.17, 15) is 12.8 Å². The lowest BCUT2D eigenvalue weighted by Gasteiger charge is -2.09. The molecule has 0 unspecified atom stereocenters. The summed E-state index contributed by atoms with van der Waals surface area (Å²) in [7, 11) is -3.92. The number of aromatic nitrogens is 1. The quantitative estimate of drug-likeness (QED) is 0.660. The van der Waals surface area contributed by atoms with Crippen LogP contribution < -0.4 is 10.5 Å². The predicted octanol–water partition coefficient (Wildman–Crippen LogP) is 2.37. The lowest BCUT2D eigenvalue weighted by Crippen LogP contribution is -2.15. The Morgan fingerprint density at radius 1 is 1.26 bits per heavy atom. The number of nitrogen functional groups attached to an aromatic ring is 1. The van der Waals surface area contributed by atoms with Crippen LogP contribution in [0.15, 0.2) is 45.8 Å². The van der Waals surface area contributed by atoms with Gasteiger partial charge in [-0.15, -0.1) is 0 Å². The van der Waals surface area contributed by atoms with Gasteiger partial charge < -0.3 is 5.73 Å². The van der Waals surface area contributed by atoms with Crippen molar-refractivity contribution >= 4 is 37.5 Å². The monoisotopic (exact) mass is 345 g/mol. The topological polar surface area (TPSA) is 85.1 Å². The largest absolute Gasteiger partial charge is 0.398 e. The lowest BCUT2D eigenvalue weighted by atomic mass is 10.3. The van der Waals surface area contributed by atoms with E-state index in [2.05, 4.69) is 25.6 Å². The number of pyridine rings is 1. The van der Waals surface area contributed by atoms with Crippen molar-refractivity contribution in [3.8, 4) is 0 Å². The average Bonchev–Trinajstić information content (AvgIpc) is 2.31. The van der Waals surface area contributed by atoms with Gasteiger partial charge in [-0.3, -0.25) is 4.72 Å². The van der Waals surface area contributed by atoms with Crippen LogP contribution in [0.25, 0.3) is 0 Å². The molecule has 0 saturated carbocycles. The number of halogens is 2. The molecule has 0 aliphatic heterocycles. The molecule has 1 heterocycles. The molecule has 1 aromatic heterocycles. The number of nitrogens with one attached hydrogen (secondary N) is 1. The highest BCUT2D eigenvalue weighted by molar-refractivity contribution is 9.10. The first-order valence-corrected chi connectivity index (χ1v) is 7.36. The standard InChI is InChI=1S/C11H9BrFN3O2S/c12-7-4-5-8(14)9(6-7)19(17,18)16-11-3-1-2-10(13)15-11/h1-6H,14H2,(H,15,16). The van der Waals surface area contributed by atoms with Crippen LogP contribution in [0, 0.1) is 5.95 Å². The third-order valence-corrected chi connectivity index (χ3v) is 4.12. The van der Waals surface area contributed by atoms with E-state index in [1.54, 1.807) is 6.07 Å². The molecule has 0 aliphatic rings. The van der Waals surface area contributed by atoms with Crippen molar-refractivity contribution < 1.29 is 12.8 Å². The summed E-state index contributed by atoms with van der Waals surface area (Å²) >= 11 is 3.16. The number of anilines is 2. The van der Waals surface area contributed by atoms with Gasteiger partial charge in [-0.1, -0.05) is 22.0 Å². The van der Waals surface area contributed by atoms with Gasteiger partial charge in [-0.25, -0.2) is 13.4 Å². The Kier molecular flexibility index (Phi) is 3.72. The fourth-order valence-corrected chi connectivity index (χ4v) is 3.07. The second-order valence-corrected chi connectivity index (χ2v) is 6.20. The number of sulfonamides is 1. The molecule has 0 atom stereocenters. The normalized spacial score (nSPS) is 11.3. The lowest BCUT2D eigenvalue weighted by molar-refractivity contribution is 0.584. The number of nitrogens with zero attached hydrogens (tertiary/aromatic N) is 1. The molecule has 2 rings (SSSR count). The van der Waals surface area contributed by atoms with Crippen molar-refractivity contribution in [3.63, 3.8) is 0 Å². The van der Waals surface area contributed by atoms with E-state index in [0.29, 0.717) is 4.47 Å². The molecule has 0 fully saturated rings. The fourth-order valence-electron chi connectivity index (χ4n) is 1.40. The molecular formula is C11H9BrFN3O2S. The Hall–Kier alpha value is -1.67. The minimum absolute atomic E-state index is 0.0899.